The molecule has 0 unspecified atom stereocenters. The molecule has 1 rings (SSSR count). The summed E-state index contributed by atoms with van der Waals surface area (Å²) in [6.45, 7) is 0. The zero-order valence-electron chi connectivity index (χ0n) is 7.99. The Balaban J connectivity index is 0.00000144. The van der Waals surface area contributed by atoms with E-state index in [1.165, 1.54) is 32.8 Å². The molecular weight excluding hydrogens is 190 g/mol. The molecule has 1 aliphatic rings. The van der Waals surface area contributed by atoms with Gasteiger partial charge in [0.25, 0.3) is 0 Å². The molecule has 3 nitrogen and oxygen atoms in total. The Morgan fingerprint density at radius 2 is 2.08 bits per heavy atom. The van der Waals surface area contributed by atoms with Crippen LogP contribution in [-0.2, 0) is 9.53 Å². The lowest BCUT2D eigenvalue weighted by atomic mass is 9.99. The molecule has 1 saturated carbocycles. The number of carbonyl (C=O) groups excluding carboxylic acids is 1. The van der Waals surface area contributed by atoms with Crippen molar-refractivity contribution in [3.05, 3.63) is 0 Å². The Labute approximate surface area is 85.4 Å². The molecule has 1 fully saturated rings. The molecule has 0 amide bonds. The van der Waals surface area contributed by atoms with Crippen molar-refractivity contribution in [2.45, 2.75) is 38.1 Å². The highest BCUT2D eigenvalue weighted by atomic mass is 35.5. The molecule has 0 aromatic rings. The second-order valence-corrected chi connectivity index (χ2v) is 3.52. The van der Waals surface area contributed by atoms with E-state index >= 15 is 0 Å². The highest BCUT2D eigenvalue weighted by molar-refractivity contribution is 5.85. The summed E-state index contributed by atoms with van der Waals surface area (Å²) in [4.78, 5) is 11.0. The summed E-state index contributed by atoms with van der Waals surface area (Å²) >= 11 is 0. The van der Waals surface area contributed by atoms with Gasteiger partial charge in [-0.05, 0) is 12.3 Å². The predicted molar refractivity (Wildman–Crippen MR) is 53.8 cm³/mol. The van der Waals surface area contributed by atoms with Crippen LogP contribution in [0.1, 0.15) is 32.1 Å². The summed E-state index contributed by atoms with van der Waals surface area (Å²) in [5, 5.41) is 0. The minimum Gasteiger partial charge on any atom is -0.468 e. The molecule has 2 N–H and O–H groups in total. The van der Waals surface area contributed by atoms with Crippen LogP contribution in [-0.4, -0.2) is 19.1 Å². The lowest BCUT2D eigenvalue weighted by Crippen LogP contribution is -2.33. The fourth-order valence-corrected chi connectivity index (χ4v) is 1.85. The molecule has 78 valence electrons. The first kappa shape index (κ1) is 12.7. The zero-order chi connectivity index (χ0) is 8.97. The van der Waals surface area contributed by atoms with Crippen LogP contribution in [0.15, 0.2) is 0 Å². The third kappa shape index (κ3) is 3.96. The molecule has 4 heteroatoms. The molecule has 0 bridgehead atoms. The largest absolute Gasteiger partial charge is 0.468 e. The number of hydrogen-bond acceptors (Lipinski definition) is 3. The van der Waals surface area contributed by atoms with Gasteiger partial charge in [0.15, 0.2) is 0 Å². The monoisotopic (exact) mass is 207 g/mol. The molecule has 1 atom stereocenters. The quantitative estimate of drug-likeness (QED) is 0.714. The lowest BCUT2D eigenvalue weighted by molar-refractivity contribution is -0.142. The minimum absolute atomic E-state index is 0. The highest BCUT2D eigenvalue weighted by Crippen LogP contribution is 2.28. The van der Waals surface area contributed by atoms with Crippen LogP contribution in [0.4, 0.5) is 0 Å². The van der Waals surface area contributed by atoms with Crippen LogP contribution in [0.25, 0.3) is 0 Å². The number of carbonyl (C=O) groups is 1. The molecule has 0 aromatic carbocycles. The van der Waals surface area contributed by atoms with Crippen LogP contribution >= 0.6 is 12.4 Å². The molecule has 0 aromatic heterocycles. The van der Waals surface area contributed by atoms with Gasteiger partial charge in [0, 0.05) is 0 Å². The van der Waals surface area contributed by atoms with Crippen molar-refractivity contribution >= 4 is 18.4 Å². The number of hydrogen-bond donors (Lipinski definition) is 1. The van der Waals surface area contributed by atoms with Gasteiger partial charge in [-0.3, -0.25) is 4.79 Å². The van der Waals surface area contributed by atoms with E-state index < -0.39 is 6.04 Å². The molecule has 1 aliphatic carbocycles. The van der Waals surface area contributed by atoms with E-state index in [0.717, 1.165) is 6.42 Å². The van der Waals surface area contributed by atoms with E-state index in [9.17, 15) is 4.79 Å². The minimum atomic E-state index is -0.405. The molecule has 0 aliphatic heterocycles. The van der Waals surface area contributed by atoms with Crippen molar-refractivity contribution in [3.63, 3.8) is 0 Å². The molecule has 0 spiro atoms. The third-order valence-corrected chi connectivity index (χ3v) is 2.57. The highest BCUT2D eigenvalue weighted by Gasteiger charge is 2.22. The van der Waals surface area contributed by atoms with Crippen LogP contribution in [0.2, 0.25) is 0 Å². The van der Waals surface area contributed by atoms with Crippen LogP contribution < -0.4 is 5.73 Å². The van der Waals surface area contributed by atoms with E-state index in [1.807, 2.05) is 0 Å². The Bertz CT molecular complexity index is 158. The smallest absolute Gasteiger partial charge is 0.322 e. The van der Waals surface area contributed by atoms with Gasteiger partial charge in [-0.1, -0.05) is 25.7 Å². The number of halogens is 1. The van der Waals surface area contributed by atoms with Crippen molar-refractivity contribution in [3.8, 4) is 0 Å². The van der Waals surface area contributed by atoms with Gasteiger partial charge in [0.05, 0.1) is 7.11 Å². The van der Waals surface area contributed by atoms with Crippen molar-refractivity contribution in [1.82, 2.24) is 0 Å². The average molecular weight is 208 g/mol. The molecule has 0 saturated heterocycles. The third-order valence-electron chi connectivity index (χ3n) is 2.57. The first-order chi connectivity index (χ1) is 5.74. The first-order valence-electron chi connectivity index (χ1n) is 4.57. The van der Waals surface area contributed by atoms with Crippen molar-refractivity contribution < 1.29 is 9.53 Å². The fourth-order valence-electron chi connectivity index (χ4n) is 1.85. The van der Waals surface area contributed by atoms with Gasteiger partial charge in [-0.25, -0.2) is 0 Å². The van der Waals surface area contributed by atoms with Gasteiger partial charge >= 0.3 is 5.97 Å². The van der Waals surface area contributed by atoms with E-state index in [1.54, 1.807) is 0 Å². The molecule has 13 heavy (non-hydrogen) atoms. The maximum atomic E-state index is 11.0. The van der Waals surface area contributed by atoms with Crippen LogP contribution in [0.5, 0.6) is 0 Å². The van der Waals surface area contributed by atoms with Crippen molar-refractivity contribution in [2.75, 3.05) is 7.11 Å². The number of methoxy groups -OCH3 is 1. The van der Waals surface area contributed by atoms with Crippen molar-refractivity contribution in [2.24, 2.45) is 11.7 Å². The van der Waals surface area contributed by atoms with Gasteiger partial charge in [0.2, 0.25) is 0 Å². The number of ether oxygens (including phenoxy) is 1. The summed E-state index contributed by atoms with van der Waals surface area (Å²) in [7, 11) is 1.39. The number of nitrogens with two attached hydrogens (primary N) is 1. The topological polar surface area (TPSA) is 52.3 Å². The zero-order valence-corrected chi connectivity index (χ0v) is 8.81. The first-order valence-corrected chi connectivity index (χ1v) is 4.57. The Morgan fingerprint density at radius 3 is 2.54 bits per heavy atom. The Kier molecular flexibility index (Phi) is 6.08. The maximum absolute atomic E-state index is 11.0. The average Bonchev–Trinajstić information content (AvgIpc) is 2.55. The Hall–Kier alpha value is -0.280. The molecule has 0 radical (unpaired) electrons. The fraction of sp³-hybridized carbons (Fsp3) is 0.889. The van der Waals surface area contributed by atoms with E-state index in [0.29, 0.717) is 5.92 Å². The van der Waals surface area contributed by atoms with Gasteiger partial charge in [-0.15, -0.1) is 12.4 Å². The summed E-state index contributed by atoms with van der Waals surface area (Å²) in [6.07, 6.45) is 5.83. The number of rotatable bonds is 3. The van der Waals surface area contributed by atoms with Gasteiger partial charge in [-0.2, -0.15) is 0 Å². The predicted octanol–water partition coefficient (Wildman–Crippen LogP) is 1.49. The second-order valence-electron chi connectivity index (χ2n) is 3.52. The lowest BCUT2D eigenvalue weighted by Gasteiger charge is -2.13. The standard InChI is InChI=1S/C9H17NO2.ClH/c1-12-9(11)8(10)6-7-4-2-3-5-7;/h7-8H,2-6,10H2,1H3;1H/t8-;/m1./s1. The summed E-state index contributed by atoms with van der Waals surface area (Å²) in [6, 6.07) is -0.405. The summed E-state index contributed by atoms with van der Waals surface area (Å²) in [5.74, 6) is 0.376. The van der Waals surface area contributed by atoms with Gasteiger partial charge < -0.3 is 10.5 Å². The summed E-state index contributed by atoms with van der Waals surface area (Å²) in [5.41, 5.74) is 5.63. The van der Waals surface area contributed by atoms with E-state index in [2.05, 4.69) is 4.74 Å². The SMILES string of the molecule is COC(=O)[C@H](N)CC1CCCC1.Cl. The second kappa shape index (κ2) is 6.22. The normalized spacial score (nSPS) is 19.2. The van der Waals surface area contributed by atoms with E-state index in [-0.39, 0.29) is 18.4 Å². The van der Waals surface area contributed by atoms with Crippen molar-refractivity contribution in [1.29, 1.82) is 0 Å². The number of esters is 1. The molecular formula is C9H18ClNO2. The molecule has 0 heterocycles. The van der Waals surface area contributed by atoms with Crippen LogP contribution in [0, 0.1) is 5.92 Å². The van der Waals surface area contributed by atoms with Gasteiger partial charge in [0.1, 0.15) is 6.04 Å². The summed E-state index contributed by atoms with van der Waals surface area (Å²) < 4.78 is 4.56. The van der Waals surface area contributed by atoms with Crippen LogP contribution in [0.3, 0.4) is 0 Å². The Morgan fingerprint density at radius 1 is 1.54 bits per heavy atom. The van der Waals surface area contributed by atoms with E-state index in [4.69, 9.17) is 5.73 Å². The maximum Gasteiger partial charge on any atom is 0.322 e.